The summed E-state index contributed by atoms with van der Waals surface area (Å²) in [5.41, 5.74) is 1.11. The van der Waals surface area contributed by atoms with Gasteiger partial charge < -0.3 is 14.7 Å². The number of hydrogen-bond acceptors (Lipinski definition) is 4. The van der Waals surface area contributed by atoms with E-state index < -0.39 is 0 Å². The maximum atomic E-state index is 9.63. The molecule has 0 aliphatic carbocycles. The molecule has 0 amide bonds. The second-order valence-electron chi connectivity index (χ2n) is 4.29. The molecule has 2 aliphatic heterocycles. The van der Waals surface area contributed by atoms with Gasteiger partial charge in [0.1, 0.15) is 6.61 Å². The van der Waals surface area contributed by atoms with Crippen LogP contribution in [0.1, 0.15) is 12.0 Å². The number of aliphatic hydroxyl groups is 1. The molecule has 4 nitrogen and oxygen atoms in total. The van der Waals surface area contributed by atoms with E-state index in [1.807, 2.05) is 13.0 Å². The average Bonchev–Trinajstić information content (AvgIpc) is 2.59. The van der Waals surface area contributed by atoms with E-state index in [0.717, 1.165) is 23.6 Å². The van der Waals surface area contributed by atoms with Crippen LogP contribution in [0.2, 0.25) is 0 Å². The van der Waals surface area contributed by atoms with Crippen molar-refractivity contribution in [2.75, 3.05) is 18.1 Å². The predicted molar refractivity (Wildman–Crippen MR) is 56.2 cm³/mol. The SMILES string of the molecule is Cc1ccnc2c1OC[C@@H]1C[C@H](O)CN21. The Morgan fingerprint density at radius 2 is 2.47 bits per heavy atom. The second kappa shape index (κ2) is 3.10. The minimum Gasteiger partial charge on any atom is -0.487 e. The van der Waals surface area contributed by atoms with Crippen LogP contribution < -0.4 is 9.64 Å². The van der Waals surface area contributed by atoms with Crippen molar-refractivity contribution in [2.24, 2.45) is 0 Å². The molecule has 2 atom stereocenters. The smallest absolute Gasteiger partial charge is 0.172 e. The number of ether oxygens (including phenoxy) is 1. The van der Waals surface area contributed by atoms with Crippen molar-refractivity contribution < 1.29 is 9.84 Å². The van der Waals surface area contributed by atoms with Crippen LogP contribution in [0.15, 0.2) is 12.3 Å². The second-order valence-corrected chi connectivity index (χ2v) is 4.29. The minimum atomic E-state index is -0.244. The highest BCUT2D eigenvalue weighted by atomic mass is 16.5. The molecule has 0 spiro atoms. The molecule has 1 N–H and O–H groups in total. The summed E-state index contributed by atoms with van der Waals surface area (Å²) in [4.78, 5) is 6.51. The van der Waals surface area contributed by atoms with E-state index in [-0.39, 0.29) is 6.10 Å². The highest BCUT2D eigenvalue weighted by Crippen LogP contribution is 2.37. The van der Waals surface area contributed by atoms with Gasteiger partial charge in [0, 0.05) is 12.7 Å². The van der Waals surface area contributed by atoms with E-state index in [4.69, 9.17) is 4.74 Å². The Morgan fingerprint density at radius 1 is 1.60 bits per heavy atom. The van der Waals surface area contributed by atoms with Crippen LogP contribution in [0.5, 0.6) is 5.75 Å². The number of anilines is 1. The van der Waals surface area contributed by atoms with Crippen LogP contribution in [0.25, 0.3) is 0 Å². The summed E-state index contributed by atoms with van der Waals surface area (Å²) in [6.45, 7) is 3.36. The number of aryl methyl sites for hydroxylation is 1. The van der Waals surface area contributed by atoms with Gasteiger partial charge in [-0.05, 0) is 25.0 Å². The zero-order valence-electron chi connectivity index (χ0n) is 8.68. The van der Waals surface area contributed by atoms with Gasteiger partial charge in [-0.25, -0.2) is 4.98 Å². The van der Waals surface area contributed by atoms with Crippen molar-refractivity contribution >= 4 is 5.82 Å². The molecule has 0 unspecified atom stereocenters. The lowest BCUT2D eigenvalue weighted by Gasteiger charge is -2.32. The molecule has 0 radical (unpaired) electrons. The fraction of sp³-hybridized carbons (Fsp3) is 0.545. The molecule has 15 heavy (non-hydrogen) atoms. The largest absolute Gasteiger partial charge is 0.487 e. The average molecular weight is 206 g/mol. The van der Waals surface area contributed by atoms with Gasteiger partial charge in [-0.15, -0.1) is 0 Å². The summed E-state index contributed by atoms with van der Waals surface area (Å²) in [6, 6.07) is 2.24. The molecule has 80 valence electrons. The number of fused-ring (bicyclic) bond motifs is 3. The zero-order valence-corrected chi connectivity index (χ0v) is 8.68. The molecule has 4 heteroatoms. The Labute approximate surface area is 88.5 Å². The molecule has 3 rings (SSSR count). The lowest BCUT2D eigenvalue weighted by atomic mass is 10.1. The first-order valence-electron chi connectivity index (χ1n) is 5.29. The monoisotopic (exact) mass is 206 g/mol. The van der Waals surface area contributed by atoms with Gasteiger partial charge in [-0.1, -0.05) is 0 Å². The van der Waals surface area contributed by atoms with Crippen LogP contribution in [0.3, 0.4) is 0 Å². The van der Waals surface area contributed by atoms with Crippen LogP contribution in [-0.2, 0) is 0 Å². The van der Waals surface area contributed by atoms with Gasteiger partial charge in [0.05, 0.1) is 12.1 Å². The number of rotatable bonds is 0. The summed E-state index contributed by atoms with van der Waals surface area (Å²) in [7, 11) is 0. The standard InChI is InChI=1S/C11H14N2O2/c1-7-2-3-12-11-10(7)15-6-8-4-9(14)5-13(8)11/h2-3,8-9,14H,4-6H2,1H3/t8-,9-/m0/s1. The fourth-order valence-corrected chi connectivity index (χ4v) is 2.40. The van der Waals surface area contributed by atoms with Crippen LogP contribution in [0.4, 0.5) is 5.82 Å². The van der Waals surface area contributed by atoms with E-state index in [0.29, 0.717) is 19.2 Å². The third-order valence-electron chi connectivity index (χ3n) is 3.17. The van der Waals surface area contributed by atoms with Gasteiger partial charge >= 0.3 is 0 Å². The number of pyridine rings is 1. The van der Waals surface area contributed by atoms with Gasteiger partial charge in [-0.3, -0.25) is 0 Å². The molecule has 2 aliphatic rings. The lowest BCUT2D eigenvalue weighted by molar-refractivity contribution is 0.187. The molecule has 0 bridgehead atoms. The Morgan fingerprint density at radius 3 is 3.33 bits per heavy atom. The van der Waals surface area contributed by atoms with E-state index >= 15 is 0 Å². The van der Waals surface area contributed by atoms with Gasteiger partial charge in [0.15, 0.2) is 11.6 Å². The lowest BCUT2D eigenvalue weighted by Crippen LogP contribution is -2.39. The van der Waals surface area contributed by atoms with E-state index in [9.17, 15) is 5.11 Å². The van der Waals surface area contributed by atoms with Crippen molar-refractivity contribution in [3.63, 3.8) is 0 Å². The van der Waals surface area contributed by atoms with E-state index in [2.05, 4.69) is 9.88 Å². The molecule has 1 fully saturated rings. The highest BCUT2D eigenvalue weighted by Gasteiger charge is 2.37. The van der Waals surface area contributed by atoms with Crippen LogP contribution >= 0.6 is 0 Å². The fourth-order valence-electron chi connectivity index (χ4n) is 2.40. The highest BCUT2D eigenvalue weighted by molar-refractivity contribution is 5.59. The van der Waals surface area contributed by atoms with Gasteiger partial charge in [0.2, 0.25) is 0 Å². The van der Waals surface area contributed by atoms with E-state index in [1.165, 1.54) is 0 Å². The molecule has 1 aromatic heterocycles. The number of aliphatic hydroxyl groups excluding tert-OH is 1. The maximum Gasteiger partial charge on any atom is 0.172 e. The number of nitrogens with zero attached hydrogens (tertiary/aromatic N) is 2. The quantitative estimate of drug-likeness (QED) is 0.679. The first kappa shape index (κ1) is 8.97. The Bertz CT molecular complexity index is 394. The summed E-state index contributed by atoms with van der Waals surface area (Å²) in [6.07, 6.45) is 2.34. The van der Waals surface area contributed by atoms with Crippen molar-refractivity contribution in [1.29, 1.82) is 0 Å². The Kier molecular flexibility index (Phi) is 1.85. The van der Waals surface area contributed by atoms with Crippen LogP contribution in [0, 0.1) is 6.92 Å². The summed E-state index contributed by atoms with van der Waals surface area (Å²) in [5, 5.41) is 9.63. The molecular formula is C11H14N2O2. The molecular weight excluding hydrogens is 192 g/mol. The first-order valence-corrected chi connectivity index (χ1v) is 5.29. The van der Waals surface area contributed by atoms with Crippen molar-refractivity contribution in [1.82, 2.24) is 4.98 Å². The number of hydrogen-bond donors (Lipinski definition) is 1. The van der Waals surface area contributed by atoms with Crippen molar-refractivity contribution in [3.05, 3.63) is 17.8 Å². The molecule has 1 saturated heterocycles. The molecule has 0 aromatic carbocycles. The van der Waals surface area contributed by atoms with E-state index in [1.54, 1.807) is 6.20 Å². The van der Waals surface area contributed by atoms with Gasteiger partial charge in [0.25, 0.3) is 0 Å². The summed E-state index contributed by atoms with van der Waals surface area (Å²) >= 11 is 0. The van der Waals surface area contributed by atoms with Gasteiger partial charge in [-0.2, -0.15) is 0 Å². The molecule has 3 heterocycles. The summed E-state index contributed by atoms with van der Waals surface area (Å²) < 4.78 is 5.70. The Hall–Kier alpha value is -1.29. The third-order valence-corrected chi connectivity index (χ3v) is 3.17. The van der Waals surface area contributed by atoms with Crippen molar-refractivity contribution in [3.8, 4) is 5.75 Å². The predicted octanol–water partition coefficient (Wildman–Crippen LogP) is 0.722. The molecule has 0 saturated carbocycles. The number of aromatic nitrogens is 1. The maximum absolute atomic E-state index is 9.63. The topological polar surface area (TPSA) is 45.6 Å². The minimum absolute atomic E-state index is 0.244. The summed E-state index contributed by atoms with van der Waals surface area (Å²) in [5.74, 6) is 1.77. The molecule has 1 aromatic rings. The first-order chi connectivity index (χ1) is 7.25. The third kappa shape index (κ3) is 1.28. The van der Waals surface area contributed by atoms with Crippen LogP contribution in [-0.4, -0.2) is 35.4 Å². The zero-order chi connectivity index (χ0) is 10.4. The van der Waals surface area contributed by atoms with Crippen molar-refractivity contribution in [2.45, 2.75) is 25.5 Å². The Balaban J connectivity index is 2.05. The normalized spacial score (nSPS) is 28.3.